The molecule has 0 aliphatic heterocycles. The molecular formula is C15H27NO3Si. The summed E-state index contributed by atoms with van der Waals surface area (Å²) in [5.41, 5.74) is 7.51. The highest BCUT2D eigenvalue weighted by Gasteiger charge is 2.41. The second-order valence-electron chi connectivity index (χ2n) is 4.64. The minimum atomic E-state index is -2.64. The molecule has 1 aromatic rings. The average Bonchev–Trinajstić information content (AvgIpc) is 2.40. The predicted octanol–water partition coefficient (Wildman–Crippen LogP) is 2.60. The SMILES string of the molecule is CCO[Si](CC(N)Cc1ccccc1)(OCC)OCC. The fourth-order valence-electron chi connectivity index (χ4n) is 2.27. The number of hydrogen-bond acceptors (Lipinski definition) is 4. The molecule has 1 unspecified atom stereocenters. The first-order chi connectivity index (χ1) is 9.65. The summed E-state index contributed by atoms with van der Waals surface area (Å²) < 4.78 is 17.5. The topological polar surface area (TPSA) is 53.7 Å². The summed E-state index contributed by atoms with van der Waals surface area (Å²) in [7, 11) is -2.64. The lowest BCUT2D eigenvalue weighted by atomic mass is 10.1. The van der Waals surface area contributed by atoms with E-state index in [-0.39, 0.29) is 6.04 Å². The van der Waals surface area contributed by atoms with Gasteiger partial charge < -0.3 is 19.0 Å². The molecule has 1 aromatic carbocycles. The van der Waals surface area contributed by atoms with E-state index in [9.17, 15) is 0 Å². The van der Waals surface area contributed by atoms with Gasteiger partial charge in [0.2, 0.25) is 0 Å². The minimum absolute atomic E-state index is 0.0197. The monoisotopic (exact) mass is 297 g/mol. The number of rotatable bonds is 10. The van der Waals surface area contributed by atoms with Crippen molar-refractivity contribution >= 4 is 8.80 Å². The number of nitrogens with two attached hydrogens (primary N) is 1. The summed E-state index contributed by atoms with van der Waals surface area (Å²) in [6.07, 6.45) is 0.808. The van der Waals surface area contributed by atoms with Gasteiger partial charge in [0.1, 0.15) is 0 Å². The Morgan fingerprint density at radius 3 is 1.90 bits per heavy atom. The molecule has 20 heavy (non-hydrogen) atoms. The van der Waals surface area contributed by atoms with E-state index >= 15 is 0 Å². The van der Waals surface area contributed by atoms with Crippen LogP contribution in [0.15, 0.2) is 30.3 Å². The van der Waals surface area contributed by atoms with Crippen LogP contribution in [0, 0.1) is 0 Å². The van der Waals surface area contributed by atoms with Crippen molar-refractivity contribution in [3.63, 3.8) is 0 Å². The lowest BCUT2D eigenvalue weighted by molar-refractivity contribution is 0.0696. The summed E-state index contributed by atoms with van der Waals surface area (Å²) >= 11 is 0. The molecule has 0 saturated carbocycles. The van der Waals surface area contributed by atoms with Crippen LogP contribution in [0.3, 0.4) is 0 Å². The third-order valence-electron chi connectivity index (χ3n) is 2.95. The predicted molar refractivity (Wildman–Crippen MR) is 83.6 cm³/mol. The first-order valence-corrected chi connectivity index (χ1v) is 9.30. The maximum Gasteiger partial charge on any atom is 0.502 e. The van der Waals surface area contributed by atoms with E-state index in [1.54, 1.807) is 0 Å². The molecule has 0 aliphatic rings. The van der Waals surface area contributed by atoms with Crippen LogP contribution in [0.2, 0.25) is 6.04 Å². The van der Waals surface area contributed by atoms with Crippen LogP contribution >= 0.6 is 0 Å². The van der Waals surface area contributed by atoms with Crippen LogP contribution in [0.5, 0.6) is 0 Å². The van der Waals surface area contributed by atoms with Crippen molar-refractivity contribution in [3.05, 3.63) is 35.9 Å². The zero-order chi connectivity index (χ0) is 14.8. The maximum absolute atomic E-state index is 6.28. The fraction of sp³-hybridized carbons (Fsp3) is 0.600. The van der Waals surface area contributed by atoms with E-state index in [1.807, 2.05) is 39.0 Å². The lowest BCUT2D eigenvalue weighted by Crippen LogP contribution is -2.50. The standard InChI is InChI=1S/C15H27NO3Si/c1-4-17-20(18-5-2,19-6-3)13-15(16)12-14-10-8-7-9-11-14/h7-11,15H,4-6,12-13,16H2,1-3H3. The molecule has 1 atom stereocenters. The van der Waals surface area contributed by atoms with Gasteiger partial charge >= 0.3 is 8.80 Å². The molecule has 0 spiro atoms. The normalized spacial score (nSPS) is 13.4. The molecule has 0 bridgehead atoms. The largest absolute Gasteiger partial charge is 0.502 e. The van der Waals surface area contributed by atoms with Gasteiger partial charge in [-0.15, -0.1) is 0 Å². The summed E-state index contributed by atoms with van der Waals surface area (Å²) in [6, 6.07) is 10.9. The molecule has 0 aromatic heterocycles. The van der Waals surface area contributed by atoms with Gasteiger partial charge in [-0.25, -0.2) is 0 Å². The second kappa shape index (κ2) is 9.26. The van der Waals surface area contributed by atoms with E-state index in [2.05, 4.69) is 12.1 Å². The van der Waals surface area contributed by atoms with Gasteiger partial charge in [0.05, 0.1) is 0 Å². The maximum atomic E-state index is 6.28. The molecule has 4 nitrogen and oxygen atoms in total. The Bertz CT molecular complexity index is 344. The van der Waals surface area contributed by atoms with E-state index in [1.165, 1.54) is 5.56 Å². The zero-order valence-corrected chi connectivity index (χ0v) is 13.8. The Morgan fingerprint density at radius 1 is 0.950 bits per heavy atom. The van der Waals surface area contributed by atoms with Crippen LogP contribution in [0.1, 0.15) is 26.3 Å². The Hall–Kier alpha value is -0.723. The van der Waals surface area contributed by atoms with Crippen LogP contribution in [0.25, 0.3) is 0 Å². The summed E-state index contributed by atoms with van der Waals surface area (Å²) in [4.78, 5) is 0. The first-order valence-electron chi connectivity index (χ1n) is 7.37. The van der Waals surface area contributed by atoms with Crippen molar-refractivity contribution in [2.24, 2.45) is 5.73 Å². The van der Waals surface area contributed by atoms with Crippen molar-refractivity contribution < 1.29 is 13.3 Å². The molecule has 0 radical (unpaired) electrons. The third kappa shape index (κ3) is 5.72. The van der Waals surface area contributed by atoms with Crippen molar-refractivity contribution in [2.45, 2.75) is 39.3 Å². The van der Waals surface area contributed by atoms with Gasteiger partial charge in [-0.05, 0) is 32.8 Å². The summed E-state index contributed by atoms with van der Waals surface area (Å²) in [6.45, 7) is 7.65. The highest BCUT2D eigenvalue weighted by molar-refractivity contribution is 6.60. The van der Waals surface area contributed by atoms with Crippen LogP contribution in [-0.4, -0.2) is 34.7 Å². The molecule has 0 aliphatic carbocycles. The Balaban J connectivity index is 2.67. The first kappa shape index (κ1) is 17.3. The molecular weight excluding hydrogens is 270 g/mol. The molecule has 0 saturated heterocycles. The van der Waals surface area contributed by atoms with E-state index in [0.29, 0.717) is 25.9 Å². The minimum Gasteiger partial charge on any atom is -0.374 e. The van der Waals surface area contributed by atoms with Crippen molar-refractivity contribution in [1.82, 2.24) is 0 Å². The molecule has 114 valence electrons. The average molecular weight is 297 g/mol. The van der Waals surface area contributed by atoms with Crippen molar-refractivity contribution in [3.8, 4) is 0 Å². The second-order valence-corrected chi connectivity index (χ2v) is 7.28. The molecule has 0 fully saturated rings. The quantitative estimate of drug-likeness (QED) is 0.675. The van der Waals surface area contributed by atoms with Crippen LogP contribution < -0.4 is 5.73 Å². The molecule has 0 heterocycles. The van der Waals surface area contributed by atoms with Gasteiger partial charge in [-0.3, -0.25) is 0 Å². The summed E-state index contributed by atoms with van der Waals surface area (Å²) in [5, 5.41) is 0. The van der Waals surface area contributed by atoms with Crippen molar-refractivity contribution in [1.29, 1.82) is 0 Å². The van der Waals surface area contributed by atoms with E-state index < -0.39 is 8.80 Å². The Kier molecular flexibility index (Phi) is 8.02. The smallest absolute Gasteiger partial charge is 0.374 e. The van der Waals surface area contributed by atoms with E-state index in [0.717, 1.165) is 6.42 Å². The van der Waals surface area contributed by atoms with E-state index in [4.69, 9.17) is 19.0 Å². The van der Waals surface area contributed by atoms with Gasteiger partial charge in [-0.1, -0.05) is 30.3 Å². The number of benzene rings is 1. The Labute approximate surface area is 123 Å². The van der Waals surface area contributed by atoms with Gasteiger partial charge in [0.25, 0.3) is 0 Å². The molecule has 1 rings (SSSR count). The van der Waals surface area contributed by atoms with Crippen LogP contribution in [0.4, 0.5) is 0 Å². The highest BCUT2D eigenvalue weighted by atomic mass is 28.4. The van der Waals surface area contributed by atoms with Crippen molar-refractivity contribution in [2.75, 3.05) is 19.8 Å². The molecule has 0 amide bonds. The summed E-state index contributed by atoms with van der Waals surface area (Å²) in [5.74, 6) is 0. The zero-order valence-electron chi connectivity index (χ0n) is 12.8. The highest BCUT2D eigenvalue weighted by Crippen LogP contribution is 2.19. The van der Waals surface area contributed by atoms with Gasteiger partial charge in [-0.2, -0.15) is 0 Å². The van der Waals surface area contributed by atoms with Crippen LogP contribution in [-0.2, 0) is 19.7 Å². The van der Waals surface area contributed by atoms with Gasteiger partial charge in [0, 0.05) is 31.9 Å². The van der Waals surface area contributed by atoms with Gasteiger partial charge in [0.15, 0.2) is 0 Å². The Morgan fingerprint density at radius 2 is 1.45 bits per heavy atom. The molecule has 5 heteroatoms. The number of hydrogen-bond donors (Lipinski definition) is 1. The fourth-order valence-corrected chi connectivity index (χ4v) is 4.98. The third-order valence-corrected chi connectivity index (χ3v) is 6.16. The lowest BCUT2D eigenvalue weighted by Gasteiger charge is -2.30. The molecule has 2 N–H and O–H groups in total.